The van der Waals surface area contributed by atoms with Gasteiger partial charge < -0.3 is 4.74 Å². The Balaban J connectivity index is -0.0000000922. The lowest BCUT2D eigenvalue weighted by Crippen LogP contribution is -1.78. The molecule has 0 spiro atoms. The molecule has 1 aliphatic heterocycles. The molecule has 1 aliphatic rings. The Hall–Kier alpha value is -0.578. The fourth-order valence-corrected chi connectivity index (χ4v) is 1.83. The van der Waals surface area contributed by atoms with Crippen LogP contribution in [0.5, 0.6) is 0 Å². The number of rotatable bonds is 2. The zero-order chi connectivity index (χ0) is 21.5. The molecule has 0 aromatic heterocycles. The Labute approximate surface area is 209 Å². The van der Waals surface area contributed by atoms with Gasteiger partial charge in [0.25, 0.3) is 0 Å². The molecule has 0 N–H and O–H groups in total. The van der Waals surface area contributed by atoms with E-state index in [1.807, 2.05) is 36.4 Å². The molecule has 2 aromatic rings. The van der Waals surface area contributed by atoms with Crippen LogP contribution >= 0.6 is 30.1 Å². The van der Waals surface area contributed by atoms with Gasteiger partial charge in [-0.25, -0.2) is 30.1 Å². The summed E-state index contributed by atoms with van der Waals surface area (Å²) >= 11 is -1.72. The van der Waals surface area contributed by atoms with Crippen molar-refractivity contribution in [3.05, 3.63) is 72.3 Å². The van der Waals surface area contributed by atoms with E-state index in [0.717, 1.165) is 13.2 Å². The second-order valence-electron chi connectivity index (χ2n) is 5.16. The normalized spacial score (nSPS) is 9.81. The second kappa shape index (κ2) is 34.0. The van der Waals surface area contributed by atoms with Gasteiger partial charge in [0, 0.05) is 13.2 Å². The monoisotopic (exact) mass is 530 g/mol. The average molecular weight is 532 g/mol. The minimum Gasteiger partial charge on any atom is -0.381 e. The molecule has 2 aromatic carbocycles. The van der Waals surface area contributed by atoms with Crippen LogP contribution in [0.4, 0.5) is 0 Å². The second-order valence-corrected chi connectivity index (χ2v) is 12.0. The van der Waals surface area contributed by atoms with E-state index in [9.17, 15) is 0 Å². The first kappa shape index (κ1) is 40.7. The number of hydrogen-bond donors (Lipinski definition) is 0. The van der Waals surface area contributed by atoms with Crippen molar-refractivity contribution in [2.24, 2.45) is 0 Å². The van der Waals surface area contributed by atoms with E-state index in [4.69, 9.17) is 47.5 Å². The summed E-state index contributed by atoms with van der Waals surface area (Å²) in [6.45, 7) is 4.20. The van der Waals surface area contributed by atoms with Gasteiger partial charge in [0.15, 0.2) is 0 Å². The van der Waals surface area contributed by atoms with Crippen molar-refractivity contribution in [1.29, 1.82) is 0 Å². The zero-order valence-corrected chi connectivity index (χ0v) is 20.1. The minimum atomic E-state index is -3.11. The van der Waals surface area contributed by atoms with Gasteiger partial charge in [0.1, 0.15) is 0 Å². The predicted octanol–water partition coefficient (Wildman–Crippen LogP) is 7.71. The first-order chi connectivity index (χ1) is 13.4. The lowest BCUT2D eigenvalue weighted by molar-refractivity contribution is 0.198. The maximum absolute atomic E-state index is 8.44. The Kier molecular flexibility index (Phi) is 44.8. The van der Waals surface area contributed by atoms with Gasteiger partial charge >= 0.3 is 22.0 Å². The third-order valence-electron chi connectivity index (χ3n) is 2.88. The SMILES string of the molecule is C.C.C.C1CCOC1.CCCc1ccccc1.O=S(=O)=O.[Cl][Al]([Cl])[Cl].c1ccccc1. The van der Waals surface area contributed by atoms with Crippen molar-refractivity contribution in [1.82, 2.24) is 0 Å². The van der Waals surface area contributed by atoms with E-state index in [-0.39, 0.29) is 22.3 Å². The first-order valence-electron chi connectivity index (χ1n) is 8.70. The molecule has 1 fully saturated rings. The van der Waals surface area contributed by atoms with Crippen LogP contribution in [0.3, 0.4) is 0 Å². The third-order valence-corrected chi connectivity index (χ3v) is 2.88. The topological polar surface area (TPSA) is 60.4 Å². The van der Waals surface area contributed by atoms with Crippen molar-refractivity contribution in [2.75, 3.05) is 13.2 Å². The number of benzene rings is 2. The zero-order valence-electron chi connectivity index (χ0n) is 15.8. The summed E-state index contributed by atoms with van der Waals surface area (Å²) in [5, 5.41) is 0. The van der Waals surface area contributed by atoms with E-state index in [0.29, 0.717) is 0 Å². The van der Waals surface area contributed by atoms with Gasteiger partial charge in [0.2, 0.25) is 0 Å². The number of aryl methyl sites for hydroxylation is 1. The van der Waals surface area contributed by atoms with Crippen LogP contribution in [-0.4, -0.2) is 37.2 Å². The molecule has 0 aliphatic carbocycles. The fourth-order valence-electron chi connectivity index (χ4n) is 1.83. The number of halogens is 3. The number of hydrogen-bond acceptors (Lipinski definition) is 4. The Morgan fingerprint density at radius 2 is 1.06 bits per heavy atom. The van der Waals surface area contributed by atoms with Crippen molar-refractivity contribution in [2.45, 2.75) is 54.9 Å². The van der Waals surface area contributed by atoms with Crippen LogP contribution in [0, 0.1) is 0 Å². The van der Waals surface area contributed by atoms with Gasteiger partial charge in [0.05, 0.1) is 0 Å². The maximum Gasteiger partial charge on any atom is 0.643 e. The molecule has 4 nitrogen and oxygen atoms in total. The van der Waals surface area contributed by atoms with Crippen LogP contribution in [0.1, 0.15) is 54.0 Å². The molecule has 180 valence electrons. The lowest BCUT2D eigenvalue weighted by Gasteiger charge is -1.93. The standard InChI is InChI=1S/C9H12.C6H6.C4H8O.3CH4.Al.3ClH.O3S/c1-2-6-9-7-4-3-5-8-9;1-2-4-6-5-3-1;1-2-4-5-3-1;;;;;;;;1-4(2)3/h3-5,7-8H,2,6H2,1H3;1-6H;1-4H2;3*1H4;;3*1H;/q;;;;;;+3;;;;/p-3. The summed E-state index contributed by atoms with van der Waals surface area (Å²) in [4.78, 5) is 0. The molecule has 1 heterocycles. The van der Waals surface area contributed by atoms with E-state index in [1.54, 1.807) is 0 Å². The van der Waals surface area contributed by atoms with Crippen LogP contribution < -0.4 is 0 Å². The summed E-state index contributed by atoms with van der Waals surface area (Å²) in [6, 6.07) is 22.6. The molecular weight excluding hydrogens is 494 g/mol. The quantitative estimate of drug-likeness (QED) is 0.372. The van der Waals surface area contributed by atoms with Crippen molar-refractivity contribution in [3.63, 3.8) is 0 Å². The smallest absolute Gasteiger partial charge is 0.381 e. The minimum absolute atomic E-state index is 0. The Morgan fingerprint density at radius 1 is 0.774 bits per heavy atom. The maximum atomic E-state index is 8.44. The Morgan fingerprint density at radius 3 is 1.29 bits per heavy atom. The third kappa shape index (κ3) is 48.2. The molecule has 0 amide bonds. The fraction of sp³-hybridized carbons (Fsp3) is 0.455. The molecule has 3 rings (SSSR count). The molecule has 0 bridgehead atoms. The highest BCUT2D eigenvalue weighted by molar-refractivity contribution is 7.59. The van der Waals surface area contributed by atoms with Crippen molar-refractivity contribution >= 4 is 52.1 Å². The van der Waals surface area contributed by atoms with E-state index in [1.165, 1.54) is 31.2 Å². The Bertz CT molecular complexity index is 598. The summed E-state index contributed by atoms with van der Waals surface area (Å²) in [5.41, 5.74) is 1.44. The number of ether oxygens (including phenoxy) is 1. The molecule has 0 unspecified atom stereocenters. The highest BCUT2D eigenvalue weighted by Gasteiger charge is 2.00. The van der Waals surface area contributed by atoms with Crippen molar-refractivity contribution in [3.8, 4) is 0 Å². The molecule has 0 radical (unpaired) electrons. The molecule has 31 heavy (non-hydrogen) atoms. The van der Waals surface area contributed by atoms with E-state index < -0.39 is 22.0 Å². The predicted molar refractivity (Wildman–Crippen MR) is 140 cm³/mol. The summed E-state index contributed by atoms with van der Waals surface area (Å²) in [5.74, 6) is 0. The van der Waals surface area contributed by atoms with Crippen LogP contribution in [0.25, 0.3) is 0 Å². The van der Waals surface area contributed by atoms with Crippen molar-refractivity contribution < 1.29 is 17.4 Å². The van der Waals surface area contributed by atoms with Gasteiger partial charge in [-0.15, -0.1) is 12.6 Å². The van der Waals surface area contributed by atoms with Crippen LogP contribution in [0.2, 0.25) is 0 Å². The lowest BCUT2D eigenvalue weighted by atomic mass is 10.1. The highest BCUT2D eigenvalue weighted by atomic mass is 35.8. The van der Waals surface area contributed by atoms with Gasteiger partial charge in [-0.2, -0.15) is 0 Å². The summed E-state index contributed by atoms with van der Waals surface area (Å²) in [6.07, 6.45) is 5.00. The van der Waals surface area contributed by atoms with E-state index >= 15 is 0 Å². The van der Waals surface area contributed by atoms with Gasteiger partial charge in [-0.05, 0) is 24.8 Å². The highest BCUT2D eigenvalue weighted by Crippen LogP contribution is 2.00. The molecule has 9 heteroatoms. The van der Waals surface area contributed by atoms with Gasteiger partial charge in [-0.1, -0.05) is 102 Å². The summed E-state index contributed by atoms with van der Waals surface area (Å²) in [7, 11) is 11.7. The molecule has 0 atom stereocenters. The largest absolute Gasteiger partial charge is 0.643 e. The van der Waals surface area contributed by atoms with E-state index in [2.05, 4.69) is 37.3 Å². The molecular formula is C22H38AlCl3O4S. The molecule has 0 saturated carbocycles. The van der Waals surface area contributed by atoms with Gasteiger partial charge in [-0.3, -0.25) is 0 Å². The van der Waals surface area contributed by atoms with Crippen LogP contribution in [-0.2, 0) is 21.8 Å². The summed E-state index contributed by atoms with van der Waals surface area (Å²) < 4.78 is 30.3. The average Bonchev–Trinajstić information content (AvgIpc) is 3.24. The first-order valence-corrected chi connectivity index (χ1v) is 14.9. The van der Waals surface area contributed by atoms with Crippen LogP contribution in [0.15, 0.2) is 66.7 Å². The molecule has 1 saturated heterocycles.